The predicted molar refractivity (Wildman–Crippen MR) is 73.2 cm³/mol. The number of aryl methyl sites for hydroxylation is 2. The van der Waals surface area contributed by atoms with E-state index in [-0.39, 0.29) is 24.7 Å². The van der Waals surface area contributed by atoms with Gasteiger partial charge in [0.05, 0.1) is 25.4 Å². The summed E-state index contributed by atoms with van der Waals surface area (Å²) in [6.07, 6.45) is -0.272. The second kappa shape index (κ2) is 5.72. The smallest absolute Gasteiger partial charge is 0.254 e. The lowest BCUT2D eigenvalue weighted by atomic mass is 10.0. The Bertz CT molecular complexity index is 472. The molecule has 1 saturated heterocycles. The van der Waals surface area contributed by atoms with E-state index in [0.717, 1.165) is 5.56 Å². The molecule has 0 bridgehead atoms. The van der Waals surface area contributed by atoms with Crippen LogP contribution in [0.2, 0.25) is 0 Å². The van der Waals surface area contributed by atoms with Crippen molar-refractivity contribution < 1.29 is 14.6 Å². The molecule has 0 spiro atoms. The van der Waals surface area contributed by atoms with E-state index in [9.17, 15) is 4.79 Å². The van der Waals surface area contributed by atoms with Crippen LogP contribution in [0.1, 0.15) is 28.4 Å². The molecule has 2 rings (SSSR count). The molecule has 4 nitrogen and oxygen atoms in total. The summed E-state index contributed by atoms with van der Waals surface area (Å²) < 4.78 is 5.45. The maximum atomic E-state index is 12.5. The van der Waals surface area contributed by atoms with Crippen LogP contribution in [0.15, 0.2) is 18.2 Å². The molecule has 1 fully saturated rings. The number of rotatable bonds is 2. The van der Waals surface area contributed by atoms with E-state index in [4.69, 9.17) is 9.84 Å². The Hall–Kier alpha value is -1.39. The van der Waals surface area contributed by atoms with Crippen LogP contribution in [0.3, 0.4) is 0 Å². The van der Waals surface area contributed by atoms with E-state index in [2.05, 4.69) is 0 Å². The fourth-order valence-electron chi connectivity index (χ4n) is 2.25. The summed E-state index contributed by atoms with van der Waals surface area (Å²) in [5, 5.41) is 9.16. The molecule has 19 heavy (non-hydrogen) atoms. The van der Waals surface area contributed by atoms with Crippen LogP contribution in [0.4, 0.5) is 0 Å². The van der Waals surface area contributed by atoms with E-state index in [0.29, 0.717) is 18.7 Å². The number of nitrogens with zero attached hydrogens (tertiary/aromatic N) is 1. The highest BCUT2D eigenvalue weighted by molar-refractivity contribution is 5.94. The van der Waals surface area contributed by atoms with Gasteiger partial charge in [0, 0.05) is 12.1 Å². The lowest BCUT2D eigenvalue weighted by molar-refractivity contribution is -0.0667. The third-order valence-corrected chi connectivity index (χ3v) is 3.72. The van der Waals surface area contributed by atoms with Gasteiger partial charge < -0.3 is 14.7 Å². The Kier molecular flexibility index (Phi) is 4.22. The molecule has 1 amide bonds. The highest BCUT2D eigenvalue weighted by Gasteiger charge is 2.29. The number of aliphatic hydroxyl groups excluding tert-OH is 1. The fourth-order valence-corrected chi connectivity index (χ4v) is 2.25. The molecule has 1 aliphatic heterocycles. The Morgan fingerprint density at radius 1 is 1.42 bits per heavy atom. The molecule has 0 radical (unpaired) electrons. The van der Waals surface area contributed by atoms with Gasteiger partial charge in [-0.2, -0.15) is 0 Å². The van der Waals surface area contributed by atoms with Crippen LogP contribution >= 0.6 is 0 Å². The zero-order valence-electron chi connectivity index (χ0n) is 11.7. The number of hydrogen-bond acceptors (Lipinski definition) is 3. The number of morpholine rings is 1. The lowest BCUT2D eigenvalue weighted by Gasteiger charge is -2.37. The minimum atomic E-state index is -0.272. The van der Waals surface area contributed by atoms with Gasteiger partial charge in [0.2, 0.25) is 0 Å². The molecule has 1 aliphatic rings. The monoisotopic (exact) mass is 263 g/mol. The average Bonchev–Trinajstić information content (AvgIpc) is 2.41. The topological polar surface area (TPSA) is 49.8 Å². The number of hydrogen-bond donors (Lipinski definition) is 1. The number of carbonyl (C=O) groups is 1. The van der Waals surface area contributed by atoms with E-state index < -0.39 is 0 Å². The molecular formula is C15H21NO3. The zero-order chi connectivity index (χ0) is 14.0. The van der Waals surface area contributed by atoms with Gasteiger partial charge in [-0.15, -0.1) is 0 Å². The molecule has 0 aromatic heterocycles. The third kappa shape index (κ3) is 2.96. The molecule has 4 heteroatoms. The number of amides is 1. The molecule has 2 unspecified atom stereocenters. The standard InChI is InChI=1S/C15H21NO3/c1-10-4-5-13(6-11(10)2)15(18)16-7-14(8-17)19-9-12(16)3/h4-6,12,14,17H,7-9H2,1-3H3. The first-order valence-corrected chi connectivity index (χ1v) is 6.63. The summed E-state index contributed by atoms with van der Waals surface area (Å²) in [7, 11) is 0. The minimum absolute atomic E-state index is 0.0114. The van der Waals surface area contributed by atoms with Crippen LogP contribution in [-0.2, 0) is 4.74 Å². The first-order chi connectivity index (χ1) is 9.02. The fraction of sp³-hybridized carbons (Fsp3) is 0.533. The summed E-state index contributed by atoms with van der Waals surface area (Å²) in [4.78, 5) is 14.3. The van der Waals surface area contributed by atoms with E-state index in [1.807, 2.05) is 39.0 Å². The van der Waals surface area contributed by atoms with Crippen LogP contribution in [0.25, 0.3) is 0 Å². The van der Waals surface area contributed by atoms with Crippen molar-refractivity contribution in [2.75, 3.05) is 19.8 Å². The van der Waals surface area contributed by atoms with Gasteiger partial charge in [0.15, 0.2) is 0 Å². The first-order valence-electron chi connectivity index (χ1n) is 6.63. The van der Waals surface area contributed by atoms with Crippen molar-refractivity contribution in [1.82, 2.24) is 4.90 Å². The Labute approximate surface area is 114 Å². The van der Waals surface area contributed by atoms with Crippen molar-refractivity contribution in [1.29, 1.82) is 0 Å². The Morgan fingerprint density at radius 2 is 2.16 bits per heavy atom. The molecule has 2 atom stereocenters. The number of ether oxygens (including phenoxy) is 1. The van der Waals surface area contributed by atoms with Gasteiger partial charge in [0.1, 0.15) is 0 Å². The van der Waals surface area contributed by atoms with Crippen molar-refractivity contribution in [3.8, 4) is 0 Å². The molecular weight excluding hydrogens is 242 g/mol. The maximum absolute atomic E-state index is 12.5. The van der Waals surface area contributed by atoms with E-state index in [1.165, 1.54) is 5.56 Å². The molecule has 0 saturated carbocycles. The van der Waals surface area contributed by atoms with Crippen LogP contribution in [0.5, 0.6) is 0 Å². The van der Waals surface area contributed by atoms with Crippen molar-refractivity contribution in [2.24, 2.45) is 0 Å². The second-order valence-electron chi connectivity index (χ2n) is 5.24. The van der Waals surface area contributed by atoms with Crippen LogP contribution < -0.4 is 0 Å². The summed E-state index contributed by atoms with van der Waals surface area (Å²) in [6, 6.07) is 5.79. The van der Waals surface area contributed by atoms with Gasteiger partial charge in [-0.3, -0.25) is 4.79 Å². The van der Waals surface area contributed by atoms with Gasteiger partial charge in [-0.1, -0.05) is 6.07 Å². The van der Waals surface area contributed by atoms with E-state index in [1.54, 1.807) is 4.90 Å². The minimum Gasteiger partial charge on any atom is -0.394 e. The normalized spacial score (nSPS) is 23.5. The highest BCUT2D eigenvalue weighted by Crippen LogP contribution is 2.17. The molecule has 1 aromatic carbocycles. The lowest BCUT2D eigenvalue weighted by Crippen LogP contribution is -2.52. The SMILES string of the molecule is Cc1ccc(C(=O)N2CC(CO)OCC2C)cc1C. The number of carbonyl (C=O) groups excluding carboxylic acids is 1. The summed E-state index contributed by atoms with van der Waals surface area (Å²) in [6.45, 7) is 6.87. The molecule has 0 aliphatic carbocycles. The largest absolute Gasteiger partial charge is 0.394 e. The van der Waals surface area contributed by atoms with E-state index >= 15 is 0 Å². The predicted octanol–water partition coefficient (Wildman–Crippen LogP) is 1.53. The van der Waals surface area contributed by atoms with Crippen molar-refractivity contribution in [2.45, 2.75) is 32.9 Å². The molecule has 1 N–H and O–H groups in total. The van der Waals surface area contributed by atoms with Gasteiger partial charge in [0.25, 0.3) is 5.91 Å². The maximum Gasteiger partial charge on any atom is 0.254 e. The third-order valence-electron chi connectivity index (χ3n) is 3.72. The van der Waals surface area contributed by atoms with Crippen LogP contribution in [0, 0.1) is 13.8 Å². The van der Waals surface area contributed by atoms with Crippen LogP contribution in [-0.4, -0.2) is 47.8 Å². The van der Waals surface area contributed by atoms with Gasteiger partial charge >= 0.3 is 0 Å². The second-order valence-corrected chi connectivity index (χ2v) is 5.24. The van der Waals surface area contributed by atoms with Crippen molar-refractivity contribution >= 4 is 5.91 Å². The summed E-state index contributed by atoms with van der Waals surface area (Å²) in [5.74, 6) is 0.0114. The highest BCUT2D eigenvalue weighted by atomic mass is 16.5. The Balaban J connectivity index is 2.19. The van der Waals surface area contributed by atoms with Gasteiger partial charge in [-0.05, 0) is 44.0 Å². The zero-order valence-corrected chi connectivity index (χ0v) is 11.7. The number of benzene rings is 1. The average molecular weight is 263 g/mol. The summed E-state index contributed by atoms with van der Waals surface area (Å²) in [5.41, 5.74) is 3.00. The van der Waals surface area contributed by atoms with Crippen molar-refractivity contribution in [3.63, 3.8) is 0 Å². The summed E-state index contributed by atoms with van der Waals surface area (Å²) >= 11 is 0. The molecule has 1 aromatic rings. The molecule has 1 heterocycles. The number of aliphatic hydroxyl groups is 1. The molecule has 104 valence electrons. The van der Waals surface area contributed by atoms with Crippen molar-refractivity contribution in [3.05, 3.63) is 34.9 Å². The quantitative estimate of drug-likeness (QED) is 0.880. The first kappa shape index (κ1) is 14.0. The van der Waals surface area contributed by atoms with Gasteiger partial charge in [-0.25, -0.2) is 0 Å². The Morgan fingerprint density at radius 3 is 2.79 bits per heavy atom.